The Morgan fingerprint density at radius 3 is 3.08 bits per heavy atom. The Balaban J connectivity index is 2.58. The molecule has 72 valence electrons. The molecular formula is C7H11ClN4O. The molecule has 0 aromatic carbocycles. The molecule has 0 saturated carbocycles. The van der Waals surface area contributed by atoms with Crippen molar-refractivity contribution in [2.75, 3.05) is 5.88 Å². The Kier molecular flexibility index (Phi) is 3.70. The third-order valence-corrected chi connectivity index (χ3v) is 1.87. The van der Waals surface area contributed by atoms with Crippen molar-refractivity contribution in [1.82, 2.24) is 20.5 Å². The zero-order valence-electron chi connectivity index (χ0n) is 7.25. The van der Waals surface area contributed by atoms with E-state index in [2.05, 4.69) is 20.5 Å². The quantitative estimate of drug-likeness (QED) is 0.703. The molecule has 0 aliphatic carbocycles. The number of aromatic amines is 1. The molecule has 6 heteroatoms. The number of hydrogen-bond acceptors (Lipinski definition) is 3. The second kappa shape index (κ2) is 4.81. The van der Waals surface area contributed by atoms with Crippen LogP contribution in [0.5, 0.6) is 0 Å². The Bertz CT molecular complexity index is 261. The van der Waals surface area contributed by atoms with Crippen LogP contribution in [0.3, 0.4) is 0 Å². The summed E-state index contributed by atoms with van der Waals surface area (Å²) < 4.78 is 0. The van der Waals surface area contributed by atoms with Gasteiger partial charge in [0.2, 0.25) is 5.91 Å². The van der Waals surface area contributed by atoms with Crippen molar-refractivity contribution in [3.63, 3.8) is 0 Å². The summed E-state index contributed by atoms with van der Waals surface area (Å²) in [5, 5.41) is 9.12. The smallest absolute Gasteiger partial charge is 0.235 e. The Morgan fingerprint density at radius 2 is 2.62 bits per heavy atom. The molecule has 0 saturated heterocycles. The molecule has 5 nitrogen and oxygen atoms in total. The monoisotopic (exact) mass is 202 g/mol. The maximum absolute atomic E-state index is 11.0. The Labute approximate surface area is 80.9 Å². The van der Waals surface area contributed by atoms with Crippen molar-refractivity contribution in [2.45, 2.75) is 19.4 Å². The number of H-pyrrole nitrogens is 1. The topological polar surface area (TPSA) is 70.7 Å². The summed E-state index contributed by atoms with van der Waals surface area (Å²) in [7, 11) is 0. The van der Waals surface area contributed by atoms with Crippen LogP contribution in [0, 0.1) is 0 Å². The van der Waals surface area contributed by atoms with Crippen LogP contribution < -0.4 is 5.32 Å². The molecule has 0 aliphatic rings. The van der Waals surface area contributed by atoms with Gasteiger partial charge in [-0.25, -0.2) is 4.98 Å². The van der Waals surface area contributed by atoms with Crippen LogP contribution in [-0.2, 0) is 4.79 Å². The van der Waals surface area contributed by atoms with E-state index < -0.39 is 0 Å². The van der Waals surface area contributed by atoms with Crippen LogP contribution in [-0.4, -0.2) is 27.0 Å². The van der Waals surface area contributed by atoms with Gasteiger partial charge in [0.15, 0.2) is 0 Å². The first-order chi connectivity index (χ1) is 6.27. The largest absolute Gasteiger partial charge is 0.345 e. The third-order valence-electron chi connectivity index (χ3n) is 1.63. The fraction of sp³-hybridized carbons (Fsp3) is 0.571. The first kappa shape index (κ1) is 9.98. The van der Waals surface area contributed by atoms with E-state index >= 15 is 0 Å². The number of amides is 1. The molecule has 1 aromatic rings. The molecule has 0 aliphatic heterocycles. The number of carbonyl (C=O) groups is 1. The normalized spacial score (nSPS) is 12.5. The van der Waals surface area contributed by atoms with E-state index in [-0.39, 0.29) is 17.8 Å². The first-order valence-electron chi connectivity index (χ1n) is 3.98. The maximum Gasteiger partial charge on any atom is 0.235 e. The molecule has 13 heavy (non-hydrogen) atoms. The SMILES string of the molecule is CC[C@@H](NC(=O)CCl)c1ncn[nH]1. The number of nitrogens with zero attached hydrogens (tertiary/aromatic N) is 2. The van der Waals surface area contributed by atoms with E-state index in [1.807, 2.05) is 6.92 Å². The lowest BCUT2D eigenvalue weighted by Gasteiger charge is -2.12. The summed E-state index contributed by atoms with van der Waals surface area (Å²) in [5.74, 6) is 0.413. The minimum atomic E-state index is -0.204. The van der Waals surface area contributed by atoms with Gasteiger partial charge in [0.1, 0.15) is 18.0 Å². The van der Waals surface area contributed by atoms with Crippen molar-refractivity contribution in [2.24, 2.45) is 0 Å². The molecule has 1 amide bonds. The van der Waals surface area contributed by atoms with Gasteiger partial charge < -0.3 is 5.32 Å². The van der Waals surface area contributed by atoms with Crippen molar-refractivity contribution in [1.29, 1.82) is 0 Å². The van der Waals surface area contributed by atoms with Gasteiger partial charge in [-0.3, -0.25) is 9.89 Å². The van der Waals surface area contributed by atoms with E-state index in [0.29, 0.717) is 5.82 Å². The van der Waals surface area contributed by atoms with Gasteiger partial charge in [-0.05, 0) is 6.42 Å². The lowest BCUT2D eigenvalue weighted by molar-refractivity contribution is -0.119. The van der Waals surface area contributed by atoms with Gasteiger partial charge in [-0.15, -0.1) is 11.6 Å². The van der Waals surface area contributed by atoms with Crippen molar-refractivity contribution >= 4 is 17.5 Å². The fourth-order valence-electron chi connectivity index (χ4n) is 0.980. The van der Waals surface area contributed by atoms with Gasteiger partial charge in [-0.2, -0.15) is 5.10 Å². The molecule has 0 unspecified atom stereocenters. The lowest BCUT2D eigenvalue weighted by Crippen LogP contribution is -2.29. The van der Waals surface area contributed by atoms with Crippen LogP contribution in [0.15, 0.2) is 6.33 Å². The number of nitrogens with one attached hydrogen (secondary N) is 2. The van der Waals surface area contributed by atoms with Gasteiger partial charge in [0.25, 0.3) is 0 Å². The first-order valence-corrected chi connectivity index (χ1v) is 4.52. The second-order valence-electron chi connectivity index (χ2n) is 2.53. The Morgan fingerprint density at radius 1 is 1.85 bits per heavy atom. The predicted molar refractivity (Wildman–Crippen MR) is 48.3 cm³/mol. The van der Waals surface area contributed by atoms with Crippen molar-refractivity contribution in [3.05, 3.63) is 12.2 Å². The summed E-state index contributed by atoms with van der Waals surface area (Å²) in [6.45, 7) is 1.95. The maximum atomic E-state index is 11.0. The highest BCUT2D eigenvalue weighted by Gasteiger charge is 2.13. The van der Waals surface area contributed by atoms with Gasteiger partial charge in [0, 0.05) is 0 Å². The Hall–Kier alpha value is -1.10. The van der Waals surface area contributed by atoms with Crippen LogP contribution in [0.1, 0.15) is 25.2 Å². The standard InChI is InChI=1S/C7H11ClN4O/c1-2-5(11-6(13)3-8)7-9-4-10-12-7/h4-5H,2-3H2,1H3,(H,11,13)(H,9,10,12)/t5-/m1/s1. The molecule has 0 bridgehead atoms. The molecule has 2 N–H and O–H groups in total. The van der Waals surface area contributed by atoms with E-state index in [4.69, 9.17) is 11.6 Å². The summed E-state index contributed by atoms with van der Waals surface area (Å²) in [6, 6.07) is -0.131. The van der Waals surface area contributed by atoms with Crippen LogP contribution in [0.25, 0.3) is 0 Å². The minimum Gasteiger partial charge on any atom is -0.345 e. The van der Waals surface area contributed by atoms with Crippen molar-refractivity contribution in [3.8, 4) is 0 Å². The summed E-state index contributed by atoms with van der Waals surface area (Å²) in [5.41, 5.74) is 0. The average molecular weight is 203 g/mol. The molecule has 1 aromatic heterocycles. The number of aromatic nitrogens is 3. The molecule has 1 rings (SSSR count). The van der Waals surface area contributed by atoms with E-state index in [1.165, 1.54) is 6.33 Å². The van der Waals surface area contributed by atoms with E-state index in [0.717, 1.165) is 6.42 Å². The summed E-state index contributed by atoms with van der Waals surface area (Å²) in [4.78, 5) is 14.9. The highest BCUT2D eigenvalue weighted by atomic mass is 35.5. The van der Waals surface area contributed by atoms with Gasteiger partial charge >= 0.3 is 0 Å². The van der Waals surface area contributed by atoms with E-state index in [9.17, 15) is 4.79 Å². The number of hydrogen-bond donors (Lipinski definition) is 2. The predicted octanol–water partition coefficient (Wildman–Crippen LogP) is 0.611. The zero-order chi connectivity index (χ0) is 9.68. The minimum absolute atomic E-state index is 0.0371. The number of alkyl halides is 1. The molecule has 0 fully saturated rings. The highest BCUT2D eigenvalue weighted by molar-refractivity contribution is 6.27. The van der Waals surface area contributed by atoms with Crippen LogP contribution >= 0.6 is 11.6 Å². The number of carbonyl (C=O) groups excluding carboxylic acids is 1. The second-order valence-corrected chi connectivity index (χ2v) is 2.80. The summed E-state index contributed by atoms with van der Waals surface area (Å²) >= 11 is 5.36. The highest BCUT2D eigenvalue weighted by Crippen LogP contribution is 2.09. The average Bonchev–Trinajstić information content (AvgIpc) is 2.66. The van der Waals surface area contributed by atoms with Crippen molar-refractivity contribution < 1.29 is 4.79 Å². The third kappa shape index (κ3) is 2.69. The molecule has 0 spiro atoms. The molecule has 1 heterocycles. The molecular weight excluding hydrogens is 192 g/mol. The molecule has 0 radical (unpaired) electrons. The van der Waals surface area contributed by atoms with E-state index in [1.54, 1.807) is 0 Å². The zero-order valence-corrected chi connectivity index (χ0v) is 8.01. The number of halogens is 1. The molecule has 1 atom stereocenters. The van der Waals surface area contributed by atoms with Crippen LogP contribution in [0.2, 0.25) is 0 Å². The summed E-state index contributed by atoms with van der Waals surface area (Å²) in [6.07, 6.45) is 2.16. The number of rotatable bonds is 4. The fourth-order valence-corrected chi connectivity index (χ4v) is 1.06. The lowest BCUT2D eigenvalue weighted by atomic mass is 10.2. The van der Waals surface area contributed by atoms with Crippen LogP contribution in [0.4, 0.5) is 0 Å². The van der Waals surface area contributed by atoms with Gasteiger partial charge in [0.05, 0.1) is 6.04 Å². The van der Waals surface area contributed by atoms with Gasteiger partial charge in [-0.1, -0.05) is 6.92 Å².